The van der Waals surface area contributed by atoms with Gasteiger partial charge in [-0.05, 0) is 44.9 Å². The van der Waals surface area contributed by atoms with Gasteiger partial charge in [0.1, 0.15) is 0 Å². The summed E-state index contributed by atoms with van der Waals surface area (Å²) in [5.41, 5.74) is 5.44. The Morgan fingerprint density at radius 1 is 1.21 bits per heavy atom. The predicted molar refractivity (Wildman–Crippen MR) is 111 cm³/mol. The fourth-order valence-electron chi connectivity index (χ4n) is 4.40. The Kier molecular flexibility index (Phi) is 4.49. The lowest BCUT2D eigenvalue weighted by Crippen LogP contribution is -2.38. The molecule has 1 fully saturated rings. The van der Waals surface area contributed by atoms with Gasteiger partial charge >= 0.3 is 0 Å². The molecule has 0 aromatic carbocycles. The van der Waals surface area contributed by atoms with E-state index in [1.807, 2.05) is 34.0 Å². The van der Waals surface area contributed by atoms with Crippen molar-refractivity contribution >= 4 is 5.91 Å². The minimum atomic E-state index is 0.200. The van der Waals surface area contributed by atoms with Gasteiger partial charge in [0, 0.05) is 53.9 Å². The molecule has 1 amide bonds. The van der Waals surface area contributed by atoms with E-state index < -0.39 is 0 Å². The number of hydrogen-bond donors (Lipinski definition) is 0. The third kappa shape index (κ3) is 3.26. The van der Waals surface area contributed by atoms with Crippen LogP contribution in [-0.4, -0.2) is 30.1 Å². The van der Waals surface area contributed by atoms with Crippen molar-refractivity contribution in [2.75, 3.05) is 0 Å². The van der Waals surface area contributed by atoms with Crippen LogP contribution in [0.3, 0.4) is 0 Å². The molecular weight excluding hydrogens is 362 g/mol. The van der Waals surface area contributed by atoms with Crippen LogP contribution in [0.25, 0.3) is 11.3 Å². The van der Waals surface area contributed by atoms with Gasteiger partial charge in [-0.1, -0.05) is 12.5 Å². The van der Waals surface area contributed by atoms with Crippen molar-refractivity contribution in [3.8, 4) is 11.3 Å². The highest BCUT2D eigenvalue weighted by Crippen LogP contribution is 2.36. The van der Waals surface area contributed by atoms with Crippen LogP contribution in [-0.2, 0) is 24.4 Å². The summed E-state index contributed by atoms with van der Waals surface area (Å²) >= 11 is 0. The van der Waals surface area contributed by atoms with Crippen LogP contribution in [0.2, 0.25) is 0 Å². The average Bonchev–Trinajstić information content (AvgIpc) is 3.21. The SMILES string of the molecule is CC(C)n1ccc2c1CN(C(=O)C1CCC1)Cc1cn(Cc3ccccn3)nc1-2. The summed E-state index contributed by atoms with van der Waals surface area (Å²) in [5.74, 6) is 0.495. The van der Waals surface area contributed by atoms with Crippen molar-refractivity contribution in [1.82, 2.24) is 24.2 Å². The Hall–Kier alpha value is -2.89. The molecule has 1 aliphatic heterocycles. The first kappa shape index (κ1) is 18.2. The van der Waals surface area contributed by atoms with E-state index in [9.17, 15) is 4.79 Å². The van der Waals surface area contributed by atoms with Crippen LogP contribution in [0.15, 0.2) is 42.9 Å². The van der Waals surface area contributed by atoms with Gasteiger partial charge in [0.2, 0.25) is 5.91 Å². The number of aromatic nitrogens is 4. The minimum absolute atomic E-state index is 0.200. The molecule has 5 rings (SSSR count). The molecule has 0 radical (unpaired) electrons. The van der Waals surface area contributed by atoms with E-state index in [1.54, 1.807) is 0 Å². The summed E-state index contributed by atoms with van der Waals surface area (Å²) in [4.78, 5) is 19.6. The first-order valence-corrected chi connectivity index (χ1v) is 10.5. The molecule has 1 aliphatic carbocycles. The Labute approximate surface area is 171 Å². The second-order valence-electron chi connectivity index (χ2n) is 8.52. The van der Waals surface area contributed by atoms with Crippen molar-refractivity contribution in [2.24, 2.45) is 5.92 Å². The predicted octanol–water partition coefficient (Wildman–Crippen LogP) is 4.02. The third-order valence-corrected chi connectivity index (χ3v) is 6.19. The quantitative estimate of drug-likeness (QED) is 0.677. The van der Waals surface area contributed by atoms with E-state index in [0.717, 1.165) is 35.4 Å². The van der Waals surface area contributed by atoms with Gasteiger partial charge in [0.25, 0.3) is 0 Å². The maximum atomic E-state index is 13.1. The van der Waals surface area contributed by atoms with Gasteiger partial charge in [-0.25, -0.2) is 0 Å². The van der Waals surface area contributed by atoms with Gasteiger partial charge in [-0.15, -0.1) is 0 Å². The number of carbonyl (C=O) groups excluding carboxylic acids is 1. The molecule has 0 spiro atoms. The Bertz CT molecular complexity index is 1030. The normalized spacial score (nSPS) is 16.3. The van der Waals surface area contributed by atoms with E-state index in [2.05, 4.69) is 41.9 Å². The average molecular weight is 390 g/mol. The van der Waals surface area contributed by atoms with E-state index >= 15 is 0 Å². The van der Waals surface area contributed by atoms with E-state index in [1.165, 1.54) is 12.1 Å². The van der Waals surface area contributed by atoms with Gasteiger partial charge in [0.15, 0.2) is 0 Å². The highest BCUT2D eigenvalue weighted by atomic mass is 16.2. The van der Waals surface area contributed by atoms with Crippen molar-refractivity contribution in [2.45, 2.75) is 58.8 Å². The van der Waals surface area contributed by atoms with E-state index in [-0.39, 0.29) is 5.92 Å². The summed E-state index contributed by atoms with van der Waals surface area (Å²) in [6.45, 7) is 6.28. The molecule has 0 unspecified atom stereocenters. The summed E-state index contributed by atoms with van der Waals surface area (Å²) in [6, 6.07) is 8.43. The Morgan fingerprint density at radius 2 is 2.07 bits per heavy atom. The van der Waals surface area contributed by atoms with Gasteiger partial charge in [0.05, 0.1) is 24.5 Å². The minimum Gasteiger partial charge on any atom is -0.347 e. The summed E-state index contributed by atoms with van der Waals surface area (Å²) < 4.78 is 4.24. The zero-order valence-corrected chi connectivity index (χ0v) is 17.1. The lowest BCUT2D eigenvalue weighted by molar-refractivity contribution is -0.139. The molecule has 6 heteroatoms. The monoisotopic (exact) mass is 389 g/mol. The number of hydrogen-bond acceptors (Lipinski definition) is 3. The largest absolute Gasteiger partial charge is 0.347 e. The molecule has 0 N–H and O–H groups in total. The number of nitrogens with zero attached hydrogens (tertiary/aromatic N) is 5. The zero-order chi connectivity index (χ0) is 20.0. The Balaban J connectivity index is 1.54. The molecule has 150 valence electrons. The van der Waals surface area contributed by atoms with Crippen LogP contribution >= 0.6 is 0 Å². The number of rotatable bonds is 4. The first-order chi connectivity index (χ1) is 14.1. The van der Waals surface area contributed by atoms with Crippen molar-refractivity contribution in [3.05, 3.63) is 59.8 Å². The summed E-state index contributed by atoms with van der Waals surface area (Å²) in [7, 11) is 0. The number of carbonyl (C=O) groups is 1. The van der Waals surface area contributed by atoms with Crippen LogP contribution < -0.4 is 0 Å². The third-order valence-electron chi connectivity index (χ3n) is 6.19. The van der Waals surface area contributed by atoms with E-state index in [0.29, 0.717) is 31.6 Å². The summed E-state index contributed by atoms with van der Waals surface area (Å²) in [6.07, 6.45) is 9.26. The Morgan fingerprint density at radius 3 is 2.76 bits per heavy atom. The van der Waals surface area contributed by atoms with Crippen molar-refractivity contribution in [1.29, 1.82) is 0 Å². The van der Waals surface area contributed by atoms with Gasteiger partial charge in [-0.2, -0.15) is 5.10 Å². The maximum Gasteiger partial charge on any atom is 0.226 e. The molecule has 6 nitrogen and oxygen atoms in total. The fourth-order valence-corrected chi connectivity index (χ4v) is 4.40. The second kappa shape index (κ2) is 7.17. The standard InChI is InChI=1S/C23H27N5O/c1-16(2)28-11-9-20-21(28)15-26(23(29)17-6-5-7-17)12-18-13-27(25-22(18)20)14-19-8-3-4-10-24-19/h3-4,8-11,13,16-17H,5-7,12,14-15H2,1-2H3. The molecule has 0 bridgehead atoms. The lowest BCUT2D eigenvalue weighted by Gasteiger charge is -2.31. The molecule has 0 saturated heterocycles. The molecule has 2 aliphatic rings. The van der Waals surface area contributed by atoms with Crippen molar-refractivity contribution in [3.63, 3.8) is 0 Å². The molecular formula is C23H27N5O. The fraction of sp³-hybridized carbons (Fsp3) is 0.435. The zero-order valence-electron chi connectivity index (χ0n) is 17.1. The summed E-state index contributed by atoms with van der Waals surface area (Å²) in [5, 5.41) is 4.92. The topological polar surface area (TPSA) is 56.0 Å². The molecule has 29 heavy (non-hydrogen) atoms. The van der Waals surface area contributed by atoms with Crippen LogP contribution in [0.4, 0.5) is 0 Å². The molecule has 1 saturated carbocycles. The van der Waals surface area contributed by atoms with Gasteiger partial charge < -0.3 is 9.47 Å². The molecule has 4 heterocycles. The molecule has 0 atom stereocenters. The van der Waals surface area contributed by atoms with Crippen LogP contribution in [0.1, 0.15) is 56.1 Å². The van der Waals surface area contributed by atoms with E-state index in [4.69, 9.17) is 5.10 Å². The van der Waals surface area contributed by atoms with Crippen LogP contribution in [0, 0.1) is 5.92 Å². The highest BCUT2D eigenvalue weighted by molar-refractivity contribution is 5.81. The molecule has 3 aromatic heterocycles. The number of pyridine rings is 1. The first-order valence-electron chi connectivity index (χ1n) is 10.5. The molecule has 3 aromatic rings. The smallest absolute Gasteiger partial charge is 0.226 e. The number of fused-ring (bicyclic) bond motifs is 3. The number of amides is 1. The maximum absolute atomic E-state index is 13.1. The van der Waals surface area contributed by atoms with Gasteiger partial charge in [-0.3, -0.25) is 14.5 Å². The second-order valence-corrected chi connectivity index (χ2v) is 8.52. The highest BCUT2D eigenvalue weighted by Gasteiger charge is 2.33. The lowest BCUT2D eigenvalue weighted by atomic mass is 9.84. The van der Waals surface area contributed by atoms with Crippen molar-refractivity contribution < 1.29 is 4.79 Å². The van der Waals surface area contributed by atoms with Crippen LogP contribution in [0.5, 0.6) is 0 Å².